The van der Waals surface area contributed by atoms with Gasteiger partial charge >= 0.3 is 0 Å². The molecule has 0 aromatic heterocycles. The lowest BCUT2D eigenvalue weighted by Gasteiger charge is -2.16. The Labute approximate surface area is 166 Å². The number of hydrogen-bond donors (Lipinski definition) is 2. The highest BCUT2D eigenvalue weighted by Crippen LogP contribution is 2.27. The zero-order valence-electron chi connectivity index (χ0n) is 15.2. The maximum absolute atomic E-state index is 12.5. The molecular weight excluding hydrogens is 410 g/mol. The van der Waals surface area contributed by atoms with E-state index in [1.165, 1.54) is 57.4 Å². The van der Waals surface area contributed by atoms with Crippen molar-refractivity contribution in [3.05, 3.63) is 57.1 Å². The lowest BCUT2D eigenvalue weighted by molar-refractivity contribution is -0.385. The molecule has 0 fully saturated rings. The number of nitrogens with one attached hydrogen (secondary N) is 2. The topological polar surface area (TPSA) is 128 Å². The van der Waals surface area contributed by atoms with Crippen LogP contribution in [0.25, 0.3) is 0 Å². The van der Waals surface area contributed by atoms with Gasteiger partial charge < -0.3 is 10.1 Å². The van der Waals surface area contributed by atoms with Crippen LogP contribution in [0.15, 0.2) is 41.3 Å². The van der Waals surface area contributed by atoms with Gasteiger partial charge in [-0.15, -0.1) is 0 Å². The van der Waals surface area contributed by atoms with Crippen molar-refractivity contribution in [1.82, 2.24) is 4.72 Å². The van der Waals surface area contributed by atoms with Gasteiger partial charge in [0.05, 0.1) is 39.2 Å². The minimum Gasteiger partial charge on any atom is -0.495 e. The first-order valence-corrected chi connectivity index (χ1v) is 9.83. The molecular formula is C17H18ClN3O6S. The molecule has 0 aliphatic carbocycles. The van der Waals surface area contributed by atoms with Gasteiger partial charge in [-0.25, -0.2) is 8.42 Å². The molecule has 0 bridgehead atoms. The van der Waals surface area contributed by atoms with E-state index in [0.29, 0.717) is 5.75 Å². The van der Waals surface area contributed by atoms with E-state index < -0.39 is 26.9 Å². The van der Waals surface area contributed by atoms with Gasteiger partial charge in [-0.3, -0.25) is 14.9 Å². The number of methoxy groups -OCH3 is 1. The highest BCUT2D eigenvalue weighted by molar-refractivity contribution is 7.89. The van der Waals surface area contributed by atoms with Crippen molar-refractivity contribution in [2.45, 2.75) is 24.8 Å². The van der Waals surface area contributed by atoms with Gasteiger partial charge in [-0.1, -0.05) is 17.7 Å². The normalized spacial score (nSPS) is 12.3. The average molecular weight is 428 g/mol. The second kappa shape index (κ2) is 8.55. The molecule has 0 saturated heterocycles. The fourth-order valence-corrected chi connectivity index (χ4v) is 3.92. The molecule has 2 aromatic rings. The summed E-state index contributed by atoms with van der Waals surface area (Å²) in [5, 5.41) is 13.6. The number of benzene rings is 2. The molecule has 2 rings (SSSR count). The molecule has 1 atom stereocenters. The molecule has 0 radical (unpaired) electrons. The van der Waals surface area contributed by atoms with Gasteiger partial charge in [0.25, 0.3) is 5.69 Å². The van der Waals surface area contributed by atoms with Crippen LogP contribution in [-0.2, 0) is 14.8 Å². The maximum Gasteiger partial charge on any atom is 0.274 e. The number of carbonyl (C=O) groups excluding carboxylic acids is 1. The lowest BCUT2D eigenvalue weighted by atomic mass is 10.1. The van der Waals surface area contributed by atoms with Crippen LogP contribution in [0.1, 0.15) is 12.5 Å². The minimum absolute atomic E-state index is 0.106. The smallest absolute Gasteiger partial charge is 0.274 e. The molecule has 2 aromatic carbocycles. The summed E-state index contributed by atoms with van der Waals surface area (Å²) >= 11 is 5.95. The second-order valence-corrected chi connectivity index (χ2v) is 7.96. The molecule has 28 heavy (non-hydrogen) atoms. The molecule has 2 N–H and O–H groups in total. The van der Waals surface area contributed by atoms with E-state index in [1.54, 1.807) is 0 Å². The monoisotopic (exact) mass is 427 g/mol. The number of rotatable bonds is 7. The summed E-state index contributed by atoms with van der Waals surface area (Å²) in [6, 6.07) is 6.98. The van der Waals surface area contributed by atoms with Gasteiger partial charge in [0.15, 0.2) is 0 Å². The molecule has 0 heterocycles. The van der Waals surface area contributed by atoms with Crippen molar-refractivity contribution in [3.63, 3.8) is 0 Å². The standard InChI is InChI=1S/C17H18ClN3O6S/c1-10-14(5-4-6-15(10)21(23)24)19-17(22)11(2)20-28(25,26)12-7-8-16(27-3)13(18)9-12/h4-9,11,20H,1-3H3,(H,19,22)/t11-/m0/s1. The Bertz CT molecular complexity index is 1030. The number of nitro benzene ring substituents is 1. The molecule has 150 valence electrons. The number of sulfonamides is 1. The van der Waals surface area contributed by atoms with Crippen LogP contribution in [0.5, 0.6) is 5.75 Å². The van der Waals surface area contributed by atoms with Gasteiger partial charge in [-0.05, 0) is 38.1 Å². The van der Waals surface area contributed by atoms with E-state index in [9.17, 15) is 23.3 Å². The van der Waals surface area contributed by atoms with Crippen LogP contribution < -0.4 is 14.8 Å². The summed E-state index contributed by atoms with van der Waals surface area (Å²) in [6.45, 7) is 2.84. The van der Waals surface area contributed by atoms with Crippen LogP contribution in [-0.4, -0.2) is 32.4 Å². The van der Waals surface area contributed by atoms with Crippen LogP contribution in [0.3, 0.4) is 0 Å². The van der Waals surface area contributed by atoms with E-state index in [1.807, 2.05) is 0 Å². The first kappa shape index (κ1) is 21.6. The number of ether oxygens (including phenoxy) is 1. The minimum atomic E-state index is -4.04. The van der Waals surface area contributed by atoms with Gasteiger partial charge in [-0.2, -0.15) is 4.72 Å². The summed E-state index contributed by atoms with van der Waals surface area (Å²) in [5.74, 6) is -0.362. The average Bonchev–Trinajstić information content (AvgIpc) is 2.62. The van der Waals surface area contributed by atoms with E-state index >= 15 is 0 Å². The van der Waals surface area contributed by atoms with E-state index in [-0.39, 0.29) is 26.9 Å². The zero-order chi connectivity index (χ0) is 21.1. The van der Waals surface area contributed by atoms with E-state index in [2.05, 4.69) is 10.0 Å². The fourth-order valence-electron chi connectivity index (χ4n) is 2.37. The number of anilines is 1. The van der Waals surface area contributed by atoms with Crippen molar-refractivity contribution in [3.8, 4) is 5.75 Å². The number of halogens is 1. The Balaban J connectivity index is 2.17. The maximum atomic E-state index is 12.5. The third-order valence-electron chi connectivity index (χ3n) is 3.92. The molecule has 0 aliphatic rings. The molecule has 0 aliphatic heterocycles. The van der Waals surface area contributed by atoms with E-state index in [0.717, 1.165) is 0 Å². The summed E-state index contributed by atoms with van der Waals surface area (Å²) in [7, 11) is -2.64. The zero-order valence-corrected chi connectivity index (χ0v) is 16.8. The SMILES string of the molecule is COc1ccc(S(=O)(=O)N[C@@H](C)C(=O)Nc2cccc([N+](=O)[O-])c2C)cc1Cl. The number of carbonyl (C=O) groups is 1. The third-order valence-corrected chi connectivity index (χ3v) is 5.75. The summed E-state index contributed by atoms with van der Waals surface area (Å²) in [6.07, 6.45) is 0. The van der Waals surface area contributed by atoms with Crippen molar-refractivity contribution in [2.24, 2.45) is 0 Å². The summed E-state index contributed by atoms with van der Waals surface area (Å²) in [4.78, 5) is 22.7. The fraction of sp³-hybridized carbons (Fsp3) is 0.235. The van der Waals surface area contributed by atoms with Crippen molar-refractivity contribution in [2.75, 3.05) is 12.4 Å². The van der Waals surface area contributed by atoms with Crippen molar-refractivity contribution >= 4 is 38.9 Å². The Kier molecular flexibility index (Phi) is 6.60. The second-order valence-electron chi connectivity index (χ2n) is 5.84. The molecule has 1 amide bonds. The first-order chi connectivity index (χ1) is 13.1. The number of nitro groups is 1. The predicted molar refractivity (Wildman–Crippen MR) is 104 cm³/mol. The molecule has 11 heteroatoms. The first-order valence-electron chi connectivity index (χ1n) is 7.97. The quantitative estimate of drug-likeness (QED) is 0.516. The van der Waals surface area contributed by atoms with Crippen molar-refractivity contribution in [1.29, 1.82) is 0 Å². The highest BCUT2D eigenvalue weighted by Gasteiger charge is 2.24. The number of hydrogen-bond acceptors (Lipinski definition) is 6. The van der Waals surface area contributed by atoms with Crippen molar-refractivity contribution < 1.29 is 22.9 Å². The van der Waals surface area contributed by atoms with Gasteiger partial charge in [0.2, 0.25) is 15.9 Å². The van der Waals surface area contributed by atoms with Gasteiger partial charge in [0, 0.05) is 6.07 Å². The summed E-state index contributed by atoms with van der Waals surface area (Å²) in [5.41, 5.74) is 0.328. The molecule has 0 saturated carbocycles. The highest BCUT2D eigenvalue weighted by atomic mass is 35.5. The third kappa shape index (κ3) is 4.77. The summed E-state index contributed by atoms with van der Waals surface area (Å²) < 4.78 is 32.2. The Morgan fingerprint density at radius 3 is 2.54 bits per heavy atom. The van der Waals surface area contributed by atoms with Crippen LogP contribution >= 0.6 is 11.6 Å². The van der Waals surface area contributed by atoms with Crippen LogP contribution in [0.2, 0.25) is 5.02 Å². The number of nitrogens with zero attached hydrogens (tertiary/aromatic N) is 1. The Hall–Kier alpha value is -2.69. The van der Waals surface area contributed by atoms with Crippen LogP contribution in [0, 0.1) is 17.0 Å². The number of amides is 1. The largest absolute Gasteiger partial charge is 0.495 e. The van der Waals surface area contributed by atoms with Crippen LogP contribution in [0.4, 0.5) is 11.4 Å². The predicted octanol–water partition coefficient (Wildman–Crippen LogP) is 2.87. The Morgan fingerprint density at radius 2 is 1.96 bits per heavy atom. The Morgan fingerprint density at radius 1 is 1.29 bits per heavy atom. The molecule has 0 unspecified atom stereocenters. The van der Waals surface area contributed by atoms with E-state index in [4.69, 9.17) is 16.3 Å². The lowest BCUT2D eigenvalue weighted by Crippen LogP contribution is -2.41. The van der Waals surface area contributed by atoms with Gasteiger partial charge in [0.1, 0.15) is 5.75 Å². The molecule has 0 spiro atoms. The molecule has 9 nitrogen and oxygen atoms in total.